The first-order valence-corrected chi connectivity index (χ1v) is 8.51. The molecule has 0 aromatic carbocycles. The molecule has 0 heterocycles. The minimum absolute atomic E-state index is 0.717. The van der Waals surface area contributed by atoms with Crippen LogP contribution in [0.25, 0.3) is 0 Å². The minimum atomic E-state index is -1.47. The Balaban J connectivity index is 4.11. The summed E-state index contributed by atoms with van der Waals surface area (Å²) in [6, 6.07) is 0. The second-order valence-electron chi connectivity index (χ2n) is 5.52. The molecule has 1 nitrogen and oxygen atoms in total. The highest BCUT2D eigenvalue weighted by Crippen LogP contribution is 2.33. The topological polar surface area (TPSA) is 9.23 Å². The Hall–Kier alpha value is 0.177. The maximum absolute atomic E-state index is 6.20. The van der Waals surface area contributed by atoms with Crippen LogP contribution in [0.3, 0.4) is 0 Å². The van der Waals surface area contributed by atoms with Crippen molar-refractivity contribution >= 4 is 8.32 Å². The van der Waals surface area contributed by atoms with Crippen molar-refractivity contribution in [1.29, 1.82) is 0 Å². The lowest BCUT2D eigenvalue weighted by Crippen LogP contribution is -2.41. The lowest BCUT2D eigenvalue weighted by atomic mass is 10.2. The van der Waals surface area contributed by atoms with Crippen molar-refractivity contribution in [3.8, 4) is 0 Å². The van der Waals surface area contributed by atoms with Crippen LogP contribution in [0.1, 0.15) is 48.0 Å². The molecule has 0 saturated carbocycles. The van der Waals surface area contributed by atoms with E-state index in [0.717, 1.165) is 23.6 Å². The Labute approximate surface area is 91.4 Å². The lowest BCUT2D eigenvalue weighted by Gasteiger charge is -2.35. The van der Waals surface area contributed by atoms with Crippen molar-refractivity contribution in [2.24, 2.45) is 5.92 Å². The van der Waals surface area contributed by atoms with Crippen molar-refractivity contribution in [2.75, 3.05) is 6.61 Å². The Morgan fingerprint density at radius 1 is 0.929 bits per heavy atom. The van der Waals surface area contributed by atoms with Crippen LogP contribution < -0.4 is 0 Å². The van der Waals surface area contributed by atoms with Gasteiger partial charge in [-0.15, -0.1) is 0 Å². The SMILES string of the molecule is CC(C)CCO[Si](C)(C(C)C)C(C)C. The third-order valence-corrected chi connectivity index (χ3v) is 8.81. The molecule has 0 N–H and O–H groups in total. The zero-order valence-corrected chi connectivity index (χ0v) is 12.1. The van der Waals surface area contributed by atoms with E-state index in [1.807, 2.05) is 0 Å². The highest BCUT2D eigenvalue weighted by molar-refractivity contribution is 6.75. The van der Waals surface area contributed by atoms with Gasteiger partial charge in [-0.2, -0.15) is 0 Å². The third-order valence-electron chi connectivity index (χ3n) is 3.40. The molecule has 0 aliphatic carbocycles. The largest absolute Gasteiger partial charge is 0.417 e. The van der Waals surface area contributed by atoms with E-state index in [1.165, 1.54) is 6.42 Å². The Kier molecular flexibility index (Phi) is 5.99. The smallest absolute Gasteiger partial charge is 0.194 e. The van der Waals surface area contributed by atoms with E-state index in [2.05, 4.69) is 48.1 Å². The molecule has 0 saturated heterocycles. The van der Waals surface area contributed by atoms with Crippen molar-refractivity contribution in [2.45, 2.75) is 65.6 Å². The van der Waals surface area contributed by atoms with Crippen molar-refractivity contribution in [1.82, 2.24) is 0 Å². The summed E-state index contributed by atoms with van der Waals surface area (Å²) in [5.41, 5.74) is 1.43. The molecule has 14 heavy (non-hydrogen) atoms. The molecule has 0 aromatic rings. The summed E-state index contributed by atoms with van der Waals surface area (Å²) in [7, 11) is -1.47. The van der Waals surface area contributed by atoms with Gasteiger partial charge >= 0.3 is 0 Å². The molecule has 0 unspecified atom stereocenters. The normalized spacial score (nSPS) is 13.3. The van der Waals surface area contributed by atoms with Gasteiger partial charge < -0.3 is 4.43 Å². The van der Waals surface area contributed by atoms with E-state index in [4.69, 9.17) is 4.43 Å². The van der Waals surface area contributed by atoms with Gasteiger partial charge in [-0.3, -0.25) is 0 Å². The van der Waals surface area contributed by atoms with Crippen LogP contribution in [-0.4, -0.2) is 14.9 Å². The highest BCUT2D eigenvalue weighted by Gasteiger charge is 2.36. The van der Waals surface area contributed by atoms with E-state index in [1.54, 1.807) is 0 Å². The summed E-state index contributed by atoms with van der Waals surface area (Å²) >= 11 is 0. The summed E-state index contributed by atoms with van der Waals surface area (Å²) in [6.45, 7) is 17.1. The molecule has 0 radical (unpaired) electrons. The van der Waals surface area contributed by atoms with Crippen LogP contribution in [0.4, 0.5) is 0 Å². The van der Waals surface area contributed by atoms with Gasteiger partial charge in [0.25, 0.3) is 0 Å². The van der Waals surface area contributed by atoms with Gasteiger partial charge in [-0.05, 0) is 30.0 Å². The van der Waals surface area contributed by atoms with Crippen LogP contribution in [0.5, 0.6) is 0 Å². The first-order valence-electron chi connectivity index (χ1n) is 5.94. The van der Waals surface area contributed by atoms with E-state index in [0.29, 0.717) is 0 Å². The molecule has 0 bridgehead atoms. The molecular formula is C12H28OSi. The molecule has 0 aromatic heterocycles. The van der Waals surface area contributed by atoms with E-state index in [9.17, 15) is 0 Å². The number of hydrogen-bond donors (Lipinski definition) is 0. The van der Waals surface area contributed by atoms with Crippen LogP contribution in [0.2, 0.25) is 17.6 Å². The maximum Gasteiger partial charge on any atom is 0.194 e. The molecule has 0 amide bonds. The summed E-state index contributed by atoms with van der Waals surface area (Å²) in [5, 5.41) is 0. The second-order valence-corrected chi connectivity index (χ2v) is 10.5. The monoisotopic (exact) mass is 216 g/mol. The number of hydrogen-bond acceptors (Lipinski definition) is 1. The van der Waals surface area contributed by atoms with Crippen LogP contribution in [0, 0.1) is 5.92 Å². The van der Waals surface area contributed by atoms with E-state index >= 15 is 0 Å². The van der Waals surface area contributed by atoms with Gasteiger partial charge in [0.2, 0.25) is 0 Å². The molecule has 2 heteroatoms. The quantitative estimate of drug-likeness (QED) is 0.596. The molecular weight excluding hydrogens is 188 g/mol. The lowest BCUT2D eigenvalue weighted by molar-refractivity contribution is 0.266. The molecule has 0 atom stereocenters. The van der Waals surface area contributed by atoms with Crippen LogP contribution >= 0.6 is 0 Å². The molecule has 86 valence electrons. The predicted molar refractivity (Wildman–Crippen MR) is 67.2 cm³/mol. The molecule has 0 rings (SSSR count). The average molecular weight is 216 g/mol. The molecule has 0 aliphatic rings. The summed E-state index contributed by atoms with van der Waals surface area (Å²) in [6.07, 6.45) is 1.20. The Morgan fingerprint density at radius 2 is 1.36 bits per heavy atom. The standard InChI is InChI=1S/C12H28OSi/c1-10(2)8-9-13-14(7,11(3)4)12(5)6/h10-12H,8-9H2,1-7H3. The van der Waals surface area contributed by atoms with E-state index in [-0.39, 0.29) is 0 Å². The molecule has 0 fully saturated rings. The fourth-order valence-corrected chi connectivity index (χ4v) is 4.07. The molecule has 0 spiro atoms. The Morgan fingerprint density at radius 3 is 1.64 bits per heavy atom. The fraction of sp³-hybridized carbons (Fsp3) is 1.00. The van der Waals surface area contributed by atoms with Crippen molar-refractivity contribution in [3.63, 3.8) is 0 Å². The van der Waals surface area contributed by atoms with Gasteiger partial charge in [-0.1, -0.05) is 41.5 Å². The zero-order valence-electron chi connectivity index (χ0n) is 11.1. The third kappa shape index (κ3) is 4.14. The zero-order chi connectivity index (χ0) is 11.4. The number of rotatable bonds is 6. The van der Waals surface area contributed by atoms with Gasteiger partial charge in [0, 0.05) is 6.61 Å². The first-order chi connectivity index (χ1) is 6.30. The van der Waals surface area contributed by atoms with E-state index < -0.39 is 8.32 Å². The van der Waals surface area contributed by atoms with Gasteiger partial charge in [-0.25, -0.2) is 0 Å². The second kappa shape index (κ2) is 5.91. The van der Waals surface area contributed by atoms with Crippen LogP contribution in [-0.2, 0) is 4.43 Å². The fourth-order valence-electron chi connectivity index (χ4n) is 1.51. The maximum atomic E-state index is 6.20. The van der Waals surface area contributed by atoms with Gasteiger partial charge in [0.1, 0.15) is 0 Å². The van der Waals surface area contributed by atoms with Crippen LogP contribution in [0.15, 0.2) is 0 Å². The van der Waals surface area contributed by atoms with Crippen molar-refractivity contribution < 1.29 is 4.43 Å². The van der Waals surface area contributed by atoms with Gasteiger partial charge in [0.05, 0.1) is 0 Å². The minimum Gasteiger partial charge on any atom is -0.417 e. The first kappa shape index (κ1) is 14.2. The molecule has 0 aliphatic heterocycles. The Bertz CT molecular complexity index is 144. The van der Waals surface area contributed by atoms with Gasteiger partial charge in [0.15, 0.2) is 8.32 Å². The van der Waals surface area contributed by atoms with Crippen molar-refractivity contribution in [3.05, 3.63) is 0 Å². The summed E-state index contributed by atoms with van der Waals surface area (Å²) in [5.74, 6) is 0.757. The summed E-state index contributed by atoms with van der Waals surface area (Å²) in [4.78, 5) is 0. The predicted octanol–water partition coefficient (Wildman–Crippen LogP) is 4.44. The summed E-state index contributed by atoms with van der Waals surface area (Å²) < 4.78 is 6.20. The average Bonchev–Trinajstić information content (AvgIpc) is 2.02. The highest BCUT2D eigenvalue weighted by atomic mass is 28.4.